The van der Waals surface area contributed by atoms with Crippen LogP contribution in [-0.4, -0.2) is 28.5 Å². The van der Waals surface area contributed by atoms with E-state index in [1.807, 2.05) is 5.38 Å². The first-order valence-corrected chi connectivity index (χ1v) is 7.41. The number of carbonyl (C=O) groups excluding carboxylic acids is 1. The molecule has 0 aliphatic rings. The van der Waals surface area contributed by atoms with Crippen LogP contribution in [0.1, 0.15) is 25.5 Å². The van der Waals surface area contributed by atoms with Crippen LogP contribution in [0.5, 0.6) is 0 Å². The van der Waals surface area contributed by atoms with Crippen LogP contribution in [0.25, 0.3) is 4.96 Å². The maximum Gasteiger partial charge on any atom is 0.305 e. The molecule has 0 aliphatic heterocycles. The molecule has 2 rings (SSSR count). The van der Waals surface area contributed by atoms with Gasteiger partial charge in [0.2, 0.25) is 0 Å². The SMILES string of the molecule is CCOC(=O)CCCNCc1cc(=O)n2ccsc2n1. The van der Waals surface area contributed by atoms with E-state index >= 15 is 0 Å². The number of nitrogens with one attached hydrogen (secondary N) is 1. The fourth-order valence-corrected chi connectivity index (χ4v) is 2.52. The smallest absolute Gasteiger partial charge is 0.305 e. The second kappa shape index (κ2) is 7.16. The second-order valence-electron chi connectivity index (χ2n) is 4.23. The zero-order valence-corrected chi connectivity index (χ0v) is 12.1. The fourth-order valence-electron chi connectivity index (χ4n) is 1.79. The number of esters is 1. The van der Waals surface area contributed by atoms with Gasteiger partial charge in [-0.3, -0.25) is 14.0 Å². The highest BCUT2D eigenvalue weighted by molar-refractivity contribution is 7.15. The maximum absolute atomic E-state index is 11.8. The molecule has 1 N–H and O–H groups in total. The van der Waals surface area contributed by atoms with Crippen LogP contribution in [0.15, 0.2) is 22.4 Å². The summed E-state index contributed by atoms with van der Waals surface area (Å²) in [6.07, 6.45) is 2.83. The highest BCUT2D eigenvalue weighted by Gasteiger charge is 2.04. The van der Waals surface area contributed by atoms with Crippen molar-refractivity contribution in [1.29, 1.82) is 0 Å². The molecule has 6 nitrogen and oxygen atoms in total. The van der Waals surface area contributed by atoms with Gasteiger partial charge >= 0.3 is 5.97 Å². The summed E-state index contributed by atoms with van der Waals surface area (Å²) in [6.45, 7) is 3.42. The Kier molecular flexibility index (Phi) is 5.25. The molecule has 0 spiro atoms. The molecule has 2 aromatic rings. The van der Waals surface area contributed by atoms with Gasteiger partial charge < -0.3 is 10.1 Å². The van der Waals surface area contributed by atoms with Crippen molar-refractivity contribution in [3.05, 3.63) is 33.7 Å². The topological polar surface area (TPSA) is 72.7 Å². The molecule has 0 saturated carbocycles. The third-order valence-electron chi connectivity index (χ3n) is 2.70. The van der Waals surface area contributed by atoms with Gasteiger partial charge in [-0.15, -0.1) is 11.3 Å². The van der Waals surface area contributed by atoms with E-state index in [4.69, 9.17) is 4.74 Å². The van der Waals surface area contributed by atoms with Gasteiger partial charge in [-0.2, -0.15) is 0 Å². The average Bonchev–Trinajstić information content (AvgIpc) is 2.87. The number of thiazole rings is 1. The number of nitrogens with zero attached hydrogens (tertiary/aromatic N) is 2. The van der Waals surface area contributed by atoms with E-state index in [0.717, 1.165) is 0 Å². The Morgan fingerprint density at radius 3 is 3.20 bits per heavy atom. The van der Waals surface area contributed by atoms with E-state index in [-0.39, 0.29) is 11.5 Å². The monoisotopic (exact) mass is 295 g/mol. The van der Waals surface area contributed by atoms with Crippen LogP contribution in [0.4, 0.5) is 0 Å². The van der Waals surface area contributed by atoms with Crippen molar-refractivity contribution in [3.8, 4) is 0 Å². The summed E-state index contributed by atoms with van der Waals surface area (Å²) >= 11 is 1.43. The van der Waals surface area contributed by atoms with Crippen LogP contribution in [-0.2, 0) is 16.1 Å². The summed E-state index contributed by atoms with van der Waals surface area (Å²) in [6, 6.07) is 1.53. The molecule has 0 aromatic carbocycles. The lowest BCUT2D eigenvalue weighted by Crippen LogP contribution is -2.20. The number of aromatic nitrogens is 2. The summed E-state index contributed by atoms with van der Waals surface area (Å²) in [5, 5.41) is 5.00. The molecular weight excluding hydrogens is 278 g/mol. The fraction of sp³-hybridized carbons (Fsp3) is 0.462. The van der Waals surface area contributed by atoms with Crippen LogP contribution in [0.3, 0.4) is 0 Å². The molecule has 2 heterocycles. The minimum absolute atomic E-state index is 0.0698. The van der Waals surface area contributed by atoms with Crippen molar-refractivity contribution in [2.75, 3.05) is 13.2 Å². The first-order valence-electron chi connectivity index (χ1n) is 6.53. The molecule has 0 unspecified atom stereocenters. The molecule has 0 saturated heterocycles. The van der Waals surface area contributed by atoms with Gasteiger partial charge in [0.15, 0.2) is 4.96 Å². The van der Waals surface area contributed by atoms with Crippen molar-refractivity contribution >= 4 is 22.3 Å². The molecule has 108 valence electrons. The molecule has 0 amide bonds. The van der Waals surface area contributed by atoms with Crippen LogP contribution in [0.2, 0.25) is 0 Å². The lowest BCUT2D eigenvalue weighted by molar-refractivity contribution is -0.143. The summed E-state index contributed by atoms with van der Waals surface area (Å²) in [7, 11) is 0. The molecule has 2 aromatic heterocycles. The van der Waals surface area contributed by atoms with Gasteiger partial charge in [0.1, 0.15) is 0 Å². The Bertz CT molecular complexity index is 635. The standard InChI is InChI=1S/C13H17N3O3S/c1-2-19-12(18)4-3-5-14-9-10-8-11(17)16-6-7-20-13(16)15-10/h6-8,14H,2-5,9H2,1H3. The molecule has 0 atom stereocenters. The van der Waals surface area contributed by atoms with Gasteiger partial charge in [-0.25, -0.2) is 4.98 Å². The Morgan fingerprint density at radius 1 is 1.55 bits per heavy atom. The van der Waals surface area contributed by atoms with Crippen LogP contribution >= 0.6 is 11.3 Å². The lowest BCUT2D eigenvalue weighted by atomic mass is 10.3. The van der Waals surface area contributed by atoms with E-state index in [2.05, 4.69) is 10.3 Å². The van der Waals surface area contributed by atoms with Crippen LogP contribution < -0.4 is 10.9 Å². The first-order chi connectivity index (χ1) is 9.70. The van der Waals surface area contributed by atoms with Gasteiger partial charge in [0, 0.05) is 30.6 Å². The van der Waals surface area contributed by atoms with Crippen molar-refractivity contribution in [2.45, 2.75) is 26.3 Å². The van der Waals surface area contributed by atoms with Crippen molar-refractivity contribution in [1.82, 2.24) is 14.7 Å². The van der Waals surface area contributed by atoms with Crippen molar-refractivity contribution in [3.63, 3.8) is 0 Å². The number of carbonyl (C=O) groups is 1. The van der Waals surface area contributed by atoms with Crippen LogP contribution in [0, 0.1) is 0 Å². The van der Waals surface area contributed by atoms with Crippen molar-refractivity contribution in [2.24, 2.45) is 0 Å². The number of ether oxygens (including phenoxy) is 1. The third-order valence-corrected chi connectivity index (χ3v) is 3.46. The highest BCUT2D eigenvalue weighted by Crippen LogP contribution is 2.06. The molecule has 0 aliphatic carbocycles. The number of rotatable bonds is 7. The summed E-state index contributed by atoms with van der Waals surface area (Å²) < 4.78 is 6.36. The number of hydrogen-bond acceptors (Lipinski definition) is 6. The van der Waals surface area contributed by atoms with E-state index in [1.165, 1.54) is 21.8 Å². The van der Waals surface area contributed by atoms with Gasteiger partial charge in [-0.1, -0.05) is 0 Å². The molecule has 0 bridgehead atoms. The normalized spacial score (nSPS) is 10.8. The van der Waals surface area contributed by atoms with E-state index in [9.17, 15) is 9.59 Å². The molecule has 20 heavy (non-hydrogen) atoms. The number of fused-ring (bicyclic) bond motifs is 1. The molecular formula is C13H17N3O3S. The Balaban J connectivity index is 1.78. The average molecular weight is 295 g/mol. The molecule has 0 fully saturated rings. The lowest BCUT2D eigenvalue weighted by Gasteiger charge is -2.04. The summed E-state index contributed by atoms with van der Waals surface area (Å²) in [5.41, 5.74) is 0.646. The van der Waals surface area contributed by atoms with Gasteiger partial charge in [-0.05, 0) is 19.9 Å². The Morgan fingerprint density at radius 2 is 2.40 bits per heavy atom. The first kappa shape index (κ1) is 14.7. The molecule has 0 radical (unpaired) electrons. The largest absolute Gasteiger partial charge is 0.466 e. The van der Waals surface area contributed by atoms with Gasteiger partial charge in [0.25, 0.3) is 5.56 Å². The predicted octanol–water partition coefficient (Wildman–Crippen LogP) is 1.19. The van der Waals surface area contributed by atoms with Gasteiger partial charge in [0.05, 0.1) is 12.3 Å². The zero-order valence-electron chi connectivity index (χ0n) is 11.3. The van der Waals surface area contributed by atoms with Crippen molar-refractivity contribution < 1.29 is 9.53 Å². The maximum atomic E-state index is 11.8. The predicted molar refractivity (Wildman–Crippen MR) is 76.9 cm³/mol. The van der Waals surface area contributed by atoms with E-state index in [0.29, 0.717) is 43.2 Å². The van der Waals surface area contributed by atoms with E-state index in [1.54, 1.807) is 13.1 Å². The van der Waals surface area contributed by atoms with E-state index < -0.39 is 0 Å². The zero-order chi connectivity index (χ0) is 14.4. The minimum atomic E-state index is -0.175. The minimum Gasteiger partial charge on any atom is -0.466 e. The highest BCUT2D eigenvalue weighted by atomic mass is 32.1. The Labute approximate surface area is 120 Å². The third kappa shape index (κ3) is 3.88. The summed E-state index contributed by atoms with van der Waals surface area (Å²) in [4.78, 5) is 28.0. The quantitative estimate of drug-likeness (QED) is 0.613. The molecule has 7 heteroatoms. The number of hydrogen-bond donors (Lipinski definition) is 1. The second-order valence-corrected chi connectivity index (χ2v) is 5.10. The Hall–Kier alpha value is -1.73. The summed E-state index contributed by atoms with van der Waals surface area (Å²) in [5.74, 6) is -0.175.